The number of amides is 1. The van der Waals surface area contributed by atoms with Gasteiger partial charge < -0.3 is 5.32 Å². The minimum Gasteiger partial charge on any atom is -0.342 e. The Balaban J connectivity index is 2.13. The largest absolute Gasteiger partial charge is 0.342 e. The molecule has 2 N–H and O–H groups in total. The second-order valence-electron chi connectivity index (χ2n) is 4.95. The lowest BCUT2D eigenvalue weighted by Crippen LogP contribution is -2.45. The SMILES string of the molecule is CCCN=C1NC(=O)C(C)(Cc2cccc(F)c2)N1. The summed E-state index contributed by atoms with van der Waals surface area (Å²) in [5, 5.41) is 5.81. The van der Waals surface area contributed by atoms with Gasteiger partial charge in [0.15, 0.2) is 5.96 Å². The molecule has 1 aromatic rings. The van der Waals surface area contributed by atoms with Crippen LogP contribution in [-0.4, -0.2) is 24.0 Å². The lowest BCUT2D eigenvalue weighted by atomic mass is 9.93. The van der Waals surface area contributed by atoms with Crippen LogP contribution in [0.5, 0.6) is 0 Å². The molecule has 0 saturated carbocycles. The fourth-order valence-corrected chi connectivity index (χ4v) is 2.08. The van der Waals surface area contributed by atoms with E-state index in [0.29, 0.717) is 18.9 Å². The van der Waals surface area contributed by atoms with Crippen molar-refractivity contribution in [3.05, 3.63) is 35.6 Å². The highest BCUT2D eigenvalue weighted by Crippen LogP contribution is 2.17. The van der Waals surface area contributed by atoms with Crippen molar-refractivity contribution in [3.63, 3.8) is 0 Å². The van der Waals surface area contributed by atoms with Gasteiger partial charge >= 0.3 is 0 Å². The third-order valence-corrected chi connectivity index (χ3v) is 3.07. The molecule has 0 spiro atoms. The summed E-state index contributed by atoms with van der Waals surface area (Å²) in [6.45, 7) is 4.48. The number of hydrogen-bond acceptors (Lipinski definition) is 2. The maximum absolute atomic E-state index is 13.2. The van der Waals surface area contributed by atoms with Crippen LogP contribution in [-0.2, 0) is 11.2 Å². The molecule has 1 aliphatic rings. The zero-order valence-electron chi connectivity index (χ0n) is 11.2. The van der Waals surface area contributed by atoms with E-state index in [1.807, 2.05) is 13.0 Å². The molecule has 102 valence electrons. The lowest BCUT2D eigenvalue weighted by molar-refractivity contribution is -0.123. The zero-order chi connectivity index (χ0) is 13.9. The molecule has 1 unspecified atom stereocenters. The smallest absolute Gasteiger partial charge is 0.252 e. The van der Waals surface area contributed by atoms with Crippen LogP contribution in [0.4, 0.5) is 4.39 Å². The molecule has 1 amide bonds. The van der Waals surface area contributed by atoms with E-state index >= 15 is 0 Å². The van der Waals surface area contributed by atoms with Gasteiger partial charge in [-0.05, 0) is 31.0 Å². The van der Waals surface area contributed by atoms with Crippen LogP contribution >= 0.6 is 0 Å². The average molecular weight is 263 g/mol. The molecule has 1 heterocycles. The van der Waals surface area contributed by atoms with E-state index in [0.717, 1.165) is 12.0 Å². The number of carbonyl (C=O) groups is 1. The van der Waals surface area contributed by atoms with E-state index in [2.05, 4.69) is 15.6 Å². The maximum Gasteiger partial charge on any atom is 0.252 e. The summed E-state index contributed by atoms with van der Waals surface area (Å²) in [5.41, 5.74) is 0.00212. The molecular weight excluding hydrogens is 245 g/mol. The molecule has 19 heavy (non-hydrogen) atoms. The van der Waals surface area contributed by atoms with Gasteiger partial charge in [-0.15, -0.1) is 0 Å². The number of guanidine groups is 1. The summed E-state index contributed by atoms with van der Waals surface area (Å²) in [4.78, 5) is 16.3. The van der Waals surface area contributed by atoms with Crippen LogP contribution in [0.3, 0.4) is 0 Å². The number of halogens is 1. The van der Waals surface area contributed by atoms with Gasteiger partial charge in [-0.2, -0.15) is 0 Å². The van der Waals surface area contributed by atoms with Crippen molar-refractivity contribution in [3.8, 4) is 0 Å². The van der Waals surface area contributed by atoms with Crippen LogP contribution in [0.15, 0.2) is 29.3 Å². The molecule has 0 aromatic heterocycles. The third-order valence-electron chi connectivity index (χ3n) is 3.07. The third kappa shape index (κ3) is 3.10. The second kappa shape index (κ2) is 5.38. The summed E-state index contributed by atoms with van der Waals surface area (Å²) in [7, 11) is 0. The van der Waals surface area contributed by atoms with Gasteiger partial charge in [0.25, 0.3) is 5.91 Å². The predicted molar refractivity (Wildman–Crippen MR) is 72.4 cm³/mol. The number of aliphatic imine (C=N–C) groups is 1. The average Bonchev–Trinajstić information content (AvgIpc) is 2.62. The quantitative estimate of drug-likeness (QED) is 0.867. The van der Waals surface area contributed by atoms with E-state index in [-0.39, 0.29) is 11.7 Å². The highest BCUT2D eigenvalue weighted by Gasteiger charge is 2.40. The molecule has 1 fully saturated rings. The van der Waals surface area contributed by atoms with Crippen molar-refractivity contribution in [2.75, 3.05) is 6.54 Å². The predicted octanol–water partition coefficient (Wildman–Crippen LogP) is 1.61. The van der Waals surface area contributed by atoms with Gasteiger partial charge in [-0.3, -0.25) is 15.1 Å². The minimum atomic E-state index is -0.777. The number of hydrogen-bond donors (Lipinski definition) is 2. The molecule has 0 radical (unpaired) electrons. The molecule has 2 rings (SSSR count). The molecule has 4 nitrogen and oxygen atoms in total. The van der Waals surface area contributed by atoms with Crippen molar-refractivity contribution in [1.82, 2.24) is 10.6 Å². The van der Waals surface area contributed by atoms with Gasteiger partial charge in [0.05, 0.1) is 0 Å². The molecular formula is C14H18FN3O. The fourth-order valence-electron chi connectivity index (χ4n) is 2.08. The highest BCUT2D eigenvalue weighted by molar-refractivity contribution is 6.08. The van der Waals surface area contributed by atoms with Gasteiger partial charge in [-0.25, -0.2) is 4.39 Å². The first-order chi connectivity index (χ1) is 9.03. The molecule has 1 atom stereocenters. The van der Waals surface area contributed by atoms with Gasteiger partial charge in [0.2, 0.25) is 0 Å². The van der Waals surface area contributed by atoms with Gasteiger partial charge in [-0.1, -0.05) is 19.1 Å². The number of nitrogens with one attached hydrogen (secondary N) is 2. The summed E-state index contributed by atoms with van der Waals surface area (Å²) in [6.07, 6.45) is 1.34. The molecule has 0 aliphatic carbocycles. The van der Waals surface area contributed by atoms with E-state index in [1.165, 1.54) is 12.1 Å². The summed E-state index contributed by atoms with van der Waals surface area (Å²) < 4.78 is 13.2. The van der Waals surface area contributed by atoms with Crippen molar-refractivity contribution in [2.24, 2.45) is 4.99 Å². The minimum absolute atomic E-state index is 0.133. The van der Waals surface area contributed by atoms with Crippen LogP contribution in [0, 0.1) is 5.82 Å². The Morgan fingerprint density at radius 1 is 1.42 bits per heavy atom. The van der Waals surface area contributed by atoms with Crippen LogP contribution in [0.25, 0.3) is 0 Å². The van der Waals surface area contributed by atoms with Crippen molar-refractivity contribution >= 4 is 11.9 Å². The molecule has 1 aromatic carbocycles. The lowest BCUT2D eigenvalue weighted by Gasteiger charge is -2.21. The van der Waals surface area contributed by atoms with E-state index in [1.54, 1.807) is 13.0 Å². The number of nitrogens with zero attached hydrogens (tertiary/aromatic N) is 1. The van der Waals surface area contributed by atoms with Crippen LogP contribution < -0.4 is 10.6 Å². The van der Waals surface area contributed by atoms with Crippen molar-refractivity contribution in [2.45, 2.75) is 32.2 Å². The van der Waals surface area contributed by atoms with E-state index in [9.17, 15) is 9.18 Å². The Morgan fingerprint density at radius 3 is 2.89 bits per heavy atom. The van der Waals surface area contributed by atoms with Crippen LogP contribution in [0.1, 0.15) is 25.8 Å². The van der Waals surface area contributed by atoms with Crippen molar-refractivity contribution in [1.29, 1.82) is 0 Å². The van der Waals surface area contributed by atoms with Crippen LogP contribution in [0.2, 0.25) is 0 Å². The van der Waals surface area contributed by atoms with Gasteiger partial charge in [0.1, 0.15) is 11.4 Å². The Labute approximate surface area is 112 Å². The number of carbonyl (C=O) groups excluding carboxylic acids is 1. The normalized spacial score (nSPS) is 24.4. The molecule has 0 bridgehead atoms. The summed E-state index contributed by atoms with van der Waals surface area (Å²) >= 11 is 0. The fraction of sp³-hybridized carbons (Fsp3) is 0.429. The first kappa shape index (κ1) is 13.5. The Hall–Kier alpha value is -1.91. The number of benzene rings is 1. The zero-order valence-corrected chi connectivity index (χ0v) is 11.2. The van der Waals surface area contributed by atoms with E-state index in [4.69, 9.17) is 0 Å². The monoisotopic (exact) mass is 263 g/mol. The molecule has 5 heteroatoms. The topological polar surface area (TPSA) is 53.5 Å². The maximum atomic E-state index is 13.2. The van der Waals surface area contributed by atoms with E-state index < -0.39 is 5.54 Å². The Morgan fingerprint density at radius 2 is 2.21 bits per heavy atom. The van der Waals surface area contributed by atoms with Gasteiger partial charge in [0, 0.05) is 13.0 Å². The second-order valence-corrected chi connectivity index (χ2v) is 4.95. The first-order valence-electron chi connectivity index (χ1n) is 6.42. The first-order valence-corrected chi connectivity index (χ1v) is 6.42. The Bertz CT molecular complexity index is 515. The summed E-state index contributed by atoms with van der Waals surface area (Å²) in [5.74, 6) is 0.0803. The summed E-state index contributed by atoms with van der Waals surface area (Å²) in [6, 6.07) is 6.29. The Kier molecular flexibility index (Phi) is 3.83. The highest BCUT2D eigenvalue weighted by atomic mass is 19.1. The molecule has 1 aliphatic heterocycles. The number of rotatable bonds is 4. The van der Waals surface area contributed by atoms with Crippen molar-refractivity contribution < 1.29 is 9.18 Å². The standard InChI is InChI=1S/C14H18FN3O/c1-3-7-16-13-17-12(19)14(2,18-13)9-10-5-4-6-11(15)8-10/h4-6,8H,3,7,9H2,1-2H3,(H2,16,17,18,19). The molecule has 1 saturated heterocycles.